The summed E-state index contributed by atoms with van der Waals surface area (Å²) >= 11 is 0. The van der Waals surface area contributed by atoms with Crippen molar-refractivity contribution >= 4 is 34.4 Å². The number of para-hydroxylation sites is 1. The van der Waals surface area contributed by atoms with Crippen molar-refractivity contribution in [3.8, 4) is 5.75 Å². The van der Waals surface area contributed by atoms with Gasteiger partial charge in [-0.1, -0.05) is 48.5 Å². The van der Waals surface area contributed by atoms with Crippen molar-refractivity contribution in [2.24, 2.45) is 0 Å². The maximum Gasteiger partial charge on any atom is 0.331 e. The molecule has 28 heavy (non-hydrogen) atoms. The van der Waals surface area contributed by atoms with Crippen molar-refractivity contribution < 1.29 is 19.1 Å². The van der Waals surface area contributed by atoms with E-state index in [0.29, 0.717) is 18.0 Å². The van der Waals surface area contributed by atoms with Gasteiger partial charge in [-0.05, 0) is 42.0 Å². The third-order valence-corrected chi connectivity index (χ3v) is 4.00. The second-order valence-corrected chi connectivity index (χ2v) is 6.02. The van der Waals surface area contributed by atoms with Crippen LogP contribution in [0.15, 0.2) is 72.8 Å². The van der Waals surface area contributed by atoms with E-state index in [1.54, 1.807) is 6.08 Å². The Morgan fingerprint density at radius 1 is 0.964 bits per heavy atom. The minimum Gasteiger partial charge on any atom is -0.493 e. The van der Waals surface area contributed by atoms with E-state index in [2.05, 4.69) is 5.32 Å². The first kappa shape index (κ1) is 19.2. The van der Waals surface area contributed by atoms with Crippen LogP contribution in [0.4, 0.5) is 5.69 Å². The average molecular weight is 375 g/mol. The Morgan fingerprint density at radius 3 is 2.54 bits per heavy atom. The fourth-order valence-corrected chi connectivity index (χ4v) is 2.71. The lowest BCUT2D eigenvalue weighted by atomic mass is 10.1. The molecule has 142 valence electrons. The molecule has 0 bridgehead atoms. The van der Waals surface area contributed by atoms with Gasteiger partial charge in [-0.25, -0.2) is 4.79 Å². The number of carbonyl (C=O) groups is 2. The Bertz CT molecular complexity index is 1010. The molecule has 0 spiro atoms. The lowest BCUT2D eigenvalue weighted by Crippen LogP contribution is -2.20. The van der Waals surface area contributed by atoms with E-state index in [-0.39, 0.29) is 6.61 Å². The molecule has 0 atom stereocenters. The van der Waals surface area contributed by atoms with E-state index in [4.69, 9.17) is 9.47 Å². The van der Waals surface area contributed by atoms with Gasteiger partial charge < -0.3 is 14.8 Å². The lowest BCUT2D eigenvalue weighted by molar-refractivity contribution is -0.142. The molecule has 0 saturated heterocycles. The van der Waals surface area contributed by atoms with Crippen molar-refractivity contribution in [2.75, 3.05) is 18.5 Å². The Kier molecular flexibility index (Phi) is 6.41. The molecule has 0 aromatic heterocycles. The summed E-state index contributed by atoms with van der Waals surface area (Å²) < 4.78 is 10.5. The highest BCUT2D eigenvalue weighted by atomic mass is 16.5. The third kappa shape index (κ3) is 5.20. The quantitative estimate of drug-likeness (QED) is 0.490. The summed E-state index contributed by atoms with van der Waals surface area (Å²) in [6.07, 6.45) is 2.88. The predicted molar refractivity (Wildman–Crippen MR) is 110 cm³/mol. The average Bonchev–Trinajstić information content (AvgIpc) is 2.72. The van der Waals surface area contributed by atoms with Crippen LogP contribution in [0.25, 0.3) is 16.8 Å². The van der Waals surface area contributed by atoms with E-state index >= 15 is 0 Å². The van der Waals surface area contributed by atoms with Crippen LogP contribution < -0.4 is 10.1 Å². The SMILES string of the molecule is CCOc1ccccc1/C=C/C(=O)OCC(=O)Nc1ccc2ccccc2c1. The van der Waals surface area contributed by atoms with Gasteiger partial charge in [0.2, 0.25) is 0 Å². The van der Waals surface area contributed by atoms with E-state index in [9.17, 15) is 9.59 Å². The Labute approximate surface area is 163 Å². The molecular weight excluding hydrogens is 354 g/mol. The topological polar surface area (TPSA) is 64.6 Å². The van der Waals surface area contributed by atoms with Crippen LogP contribution in [-0.2, 0) is 14.3 Å². The van der Waals surface area contributed by atoms with Crippen molar-refractivity contribution in [1.29, 1.82) is 0 Å². The number of nitrogens with one attached hydrogen (secondary N) is 1. The molecule has 0 aliphatic carbocycles. The number of ether oxygens (including phenoxy) is 2. The smallest absolute Gasteiger partial charge is 0.331 e. The minimum absolute atomic E-state index is 0.358. The molecule has 3 aromatic rings. The van der Waals surface area contributed by atoms with E-state index in [0.717, 1.165) is 16.3 Å². The molecule has 0 heterocycles. The first-order valence-electron chi connectivity index (χ1n) is 9.01. The molecule has 3 rings (SSSR count). The van der Waals surface area contributed by atoms with Crippen LogP contribution in [-0.4, -0.2) is 25.1 Å². The molecule has 5 nitrogen and oxygen atoms in total. The van der Waals surface area contributed by atoms with Crippen LogP contribution >= 0.6 is 0 Å². The fraction of sp³-hybridized carbons (Fsp3) is 0.130. The van der Waals surface area contributed by atoms with Gasteiger partial charge in [-0.15, -0.1) is 0 Å². The number of benzene rings is 3. The molecule has 1 amide bonds. The summed E-state index contributed by atoms with van der Waals surface area (Å²) in [5.41, 5.74) is 1.42. The number of anilines is 1. The van der Waals surface area contributed by atoms with Gasteiger partial charge in [0.15, 0.2) is 6.61 Å². The van der Waals surface area contributed by atoms with Crippen LogP contribution in [0.2, 0.25) is 0 Å². The lowest BCUT2D eigenvalue weighted by Gasteiger charge is -2.07. The summed E-state index contributed by atoms with van der Waals surface area (Å²) in [6, 6.07) is 20.8. The number of hydrogen-bond donors (Lipinski definition) is 1. The minimum atomic E-state index is -0.597. The third-order valence-electron chi connectivity index (χ3n) is 4.00. The molecule has 5 heteroatoms. The fourth-order valence-electron chi connectivity index (χ4n) is 2.71. The number of fused-ring (bicyclic) bond motifs is 1. The first-order chi connectivity index (χ1) is 13.7. The molecule has 0 saturated carbocycles. The van der Waals surface area contributed by atoms with Gasteiger partial charge in [0.05, 0.1) is 6.61 Å². The highest BCUT2D eigenvalue weighted by molar-refractivity contribution is 5.96. The molecular formula is C23H21NO4. The molecule has 0 unspecified atom stereocenters. The summed E-state index contributed by atoms with van der Waals surface area (Å²) in [5, 5.41) is 4.84. The Morgan fingerprint density at radius 2 is 1.71 bits per heavy atom. The van der Waals surface area contributed by atoms with Gasteiger partial charge in [0, 0.05) is 17.3 Å². The molecule has 1 N–H and O–H groups in total. The second-order valence-electron chi connectivity index (χ2n) is 6.02. The van der Waals surface area contributed by atoms with E-state index < -0.39 is 11.9 Å². The number of carbonyl (C=O) groups excluding carboxylic acids is 2. The van der Waals surface area contributed by atoms with Gasteiger partial charge in [0.1, 0.15) is 5.75 Å². The maximum absolute atomic E-state index is 12.0. The Hall–Kier alpha value is -3.60. The van der Waals surface area contributed by atoms with E-state index in [1.807, 2.05) is 73.7 Å². The normalized spacial score (nSPS) is 10.8. The largest absolute Gasteiger partial charge is 0.493 e. The summed E-state index contributed by atoms with van der Waals surface area (Å²) in [4.78, 5) is 23.9. The number of hydrogen-bond acceptors (Lipinski definition) is 4. The van der Waals surface area contributed by atoms with Crippen LogP contribution in [0.3, 0.4) is 0 Å². The predicted octanol–water partition coefficient (Wildman–Crippen LogP) is 4.43. The summed E-state index contributed by atoms with van der Waals surface area (Å²) in [6.45, 7) is 2.07. The highest BCUT2D eigenvalue weighted by Gasteiger charge is 2.07. The van der Waals surface area contributed by atoms with Gasteiger partial charge >= 0.3 is 5.97 Å². The van der Waals surface area contributed by atoms with Crippen molar-refractivity contribution in [1.82, 2.24) is 0 Å². The van der Waals surface area contributed by atoms with Gasteiger partial charge in [-0.2, -0.15) is 0 Å². The highest BCUT2D eigenvalue weighted by Crippen LogP contribution is 2.20. The molecule has 0 aliphatic rings. The van der Waals surface area contributed by atoms with Gasteiger partial charge in [0.25, 0.3) is 5.91 Å². The zero-order valence-corrected chi connectivity index (χ0v) is 15.6. The van der Waals surface area contributed by atoms with Crippen LogP contribution in [0.5, 0.6) is 5.75 Å². The summed E-state index contributed by atoms with van der Waals surface area (Å²) in [5.74, 6) is -0.310. The van der Waals surface area contributed by atoms with Crippen molar-refractivity contribution in [3.05, 3.63) is 78.4 Å². The van der Waals surface area contributed by atoms with Crippen LogP contribution in [0, 0.1) is 0 Å². The zero-order valence-electron chi connectivity index (χ0n) is 15.6. The molecule has 0 radical (unpaired) electrons. The molecule has 0 fully saturated rings. The second kappa shape index (κ2) is 9.37. The maximum atomic E-state index is 12.0. The van der Waals surface area contributed by atoms with Crippen molar-refractivity contribution in [2.45, 2.75) is 6.92 Å². The number of rotatable bonds is 7. The standard InChI is InChI=1S/C23H21NO4/c1-2-27-21-10-6-5-8-18(21)12-14-23(26)28-16-22(25)24-20-13-11-17-7-3-4-9-19(17)15-20/h3-15H,2,16H2,1H3,(H,24,25)/b14-12+. The molecule has 3 aromatic carbocycles. The molecule has 0 aliphatic heterocycles. The zero-order chi connectivity index (χ0) is 19.8. The van der Waals surface area contributed by atoms with Crippen LogP contribution in [0.1, 0.15) is 12.5 Å². The summed E-state index contributed by atoms with van der Waals surface area (Å²) in [7, 11) is 0. The van der Waals surface area contributed by atoms with Gasteiger partial charge in [-0.3, -0.25) is 4.79 Å². The monoisotopic (exact) mass is 375 g/mol. The number of amides is 1. The number of esters is 1. The van der Waals surface area contributed by atoms with E-state index in [1.165, 1.54) is 6.08 Å². The first-order valence-corrected chi connectivity index (χ1v) is 9.01. The van der Waals surface area contributed by atoms with Crippen molar-refractivity contribution in [3.63, 3.8) is 0 Å². The Balaban J connectivity index is 1.53.